The molecule has 0 atom stereocenters. The van der Waals surface area contributed by atoms with Gasteiger partial charge in [0.15, 0.2) is 6.61 Å². The van der Waals surface area contributed by atoms with Crippen LogP contribution in [0.15, 0.2) is 70.5 Å². The van der Waals surface area contributed by atoms with Gasteiger partial charge in [-0.05, 0) is 30.3 Å². The molecular formula is C20H18ClN3O5S. The van der Waals surface area contributed by atoms with E-state index in [9.17, 15) is 13.2 Å². The molecule has 2 aromatic carbocycles. The summed E-state index contributed by atoms with van der Waals surface area (Å²) < 4.78 is 37.9. The average molecular weight is 448 g/mol. The predicted octanol–water partition coefficient (Wildman–Crippen LogP) is 3.77. The van der Waals surface area contributed by atoms with Crippen LogP contribution in [0.25, 0.3) is 0 Å². The molecule has 8 nitrogen and oxygen atoms in total. The third-order valence-electron chi connectivity index (χ3n) is 3.98. The molecule has 0 N–H and O–H groups in total. The number of nitrogens with zero attached hydrogens (tertiary/aromatic N) is 3. The zero-order chi connectivity index (χ0) is 21.7. The fourth-order valence-corrected chi connectivity index (χ4v) is 4.26. The van der Waals surface area contributed by atoms with Crippen LogP contribution in [0.1, 0.15) is 22.1 Å². The molecule has 1 heterocycles. The third kappa shape index (κ3) is 4.69. The largest absolute Gasteiger partial charge is 0.452 e. The summed E-state index contributed by atoms with van der Waals surface area (Å²) in [6.07, 6.45) is 1.47. The number of sulfonamides is 1. The van der Waals surface area contributed by atoms with E-state index in [0.717, 1.165) is 0 Å². The van der Waals surface area contributed by atoms with Crippen molar-refractivity contribution in [3.63, 3.8) is 0 Å². The standard InChI is InChI=1S/C20H18ClN3O5S/c1-3-11-24(15-7-5-4-6-8-15)30(26,27)16-9-10-18(21)17(12-16)20(25)28-13-19-23-22-14(2)29-19/h3-10,12H,1,11,13H2,2H3. The molecule has 3 aromatic rings. The van der Waals surface area contributed by atoms with Crippen LogP contribution in [-0.2, 0) is 21.4 Å². The van der Waals surface area contributed by atoms with Crippen LogP contribution < -0.4 is 4.31 Å². The number of rotatable bonds is 8. The SMILES string of the molecule is C=CCN(c1ccccc1)S(=O)(=O)c1ccc(Cl)c(C(=O)OCc2nnc(C)o2)c1. The van der Waals surface area contributed by atoms with E-state index in [4.69, 9.17) is 20.8 Å². The highest BCUT2D eigenvalue weighted by molar-refractivity contribution is 7.92. The number of para-hydroxylation sites is 1. The highest BCUT2D eigenvalue weighted by Crippen LogP contribution is 2.27. The van der Waals surface area contributed by atoms with Crippen LogP contribution in [0, 0.1) is 6.92 Å². The second-order valence-corrected chi connectivity index (χ2v) is 8.36. The van der Waals surface area contributed by atoms with E-state index in [1.165, 1.54) is 28.6 Å². The van der Waals surface area contributed by atoms with Crippen molar-refractivity contribution in [3.05, 3.63) is 83.6 Å². The Kier molecular flexibility index (Phi) is 6.53. The lowest BCUT2D eigenvalue weighted by Gasteiger charge is -2.23. The number of esters is 1. The Balaban J connectivity index is 1.90. The summed E-state index contributed by atoms with van der Waals surface area (Å²) >= 11 is 6.11. The normalized spacial score (nSPS) is 11.1. The van der Waals surface area contributed by atoms with Crippen molar-refractivity contribution in [2.75, 3.05) is 10.8 Å². The van der Waals surface area contributed by atoms with Gasteiger partial charge < -0.3 is 9.15 Å². The quantitative estimate of drug-likeness (QED) is 0.382. The Morgan fingerprint density at radius 1 is 1.23 bits per heavy atom. The number of aromatic nitrogens is 2. The lowest BCUT2D eigenvalue weighted by Crippen LogP contribution is -2.31. The van der Waals surface area contributed by atoms with Crippen LogP contribution in [-0.4, -0.2) is 31.1 Å². The molecule has 10 heteroatoms. The molecule has 0 spiro atoms. The van der Waals surface area contributed by atoms with Gasteiger partial charge in [0.05, 0.1) is 27.7 Å². The van der Waals surface area contributed by atoms with Crippen molar-refractivity contribution in [1.82, 2.24) is 10.2 Å². The zero-order valence-electron chi connectivity index (χ0n) is 16.0. The van der Waals surface area contributed by atoms with E-state index in [0.29, 0.717) is 11.6 Å². The number of carbonyl (C=O) groups is 1. The maximum absolute atomic E-state index is 13.2. The minimum atomic E-state index is -4.00. The van der Waals surface area contributed by atoms with Crippen LogP contribution in [0.3, 0.4) is 0 Å². The summed E-state index contributed by atoms with van der Waals surface area (Å²) in [7, 11) is -4.00. The summed E-state index contributed by atoms with van der Waals surface area (Å²) in [6.45, 7) is 5.01. The molecule has 0 aliphatic carbocycles. The fourth-order valence-electron chi connectivity index (χ4n) is 2.60. The monoisotopic (exact) mass is 447 g/mol. The molecule has 30 heavy (non-hydrogen) atoms. The number of hydrogen-bond donors (Lipinski definition) is 0. The molecule has 0 unspecified atom stereocenters. The van der Waals surface area contributed by atoms with Crippen LogP contribution in [0.2, 0.25) is 5.02 Å². The first-order chi connectivity index (χ1) is 14.3. The van der Waals surface area contributed by atoms with Crippen molar-refractivity contribution >= 4 is 33.3 Å². The molecule has 0 fully saturated rings. The van der Waals surface area contributed by atoms with Gasteiger partial charge in [-0.15, -0.1) is 16.8 Å². The van der Waals surface area contributed by atoms with Crippen molar-refractivity contribution in [2.24, 2.45) is 0 Å². The molecule has 1 aromatic heterocycles. The van der Waals surface area contributed by atoms with Crippen molar-refractivity contribution in [2.45, 2.75) is 18.4 Å². The van der Waals surface area contributed by atoms with Gasteiger partial charge in [-0.3, -0.25) is 4.31 Å². The molecule has 0 bridgehead atoms. The molecule has 0 aliphatic heterocycles. The maximum atomic E-state index is 13.2. The topological polar surface area (TPSA) is 103 Å². The fraction of sp³-hybridized carbons (Fsp3) is 0.150. The number of ether oxygens (including phenoxy) is 1. The Labute approximate surface area is 178 Å². The van der Waals surface area contributed by atoms with Crippen molar-refractivity contribution < 1.29 is 22.4 Å². The van der Waals surface area contributed by atoms with Crippen LogP contribution in [0.4, 0.5) is 5.69 Å². The Morgan fingerprint density at radius 2 is 1.97 bits per heavy atom. The minimum absolute atomic E-state index is 0.0469. The van der Waals surface area contributed by atoms with Gasteiger partial charge in [-0.25, -0.2) is 13.2 Å². The van der Waals surface area contributed by atoms with E-state index in [1.807, 2.05) is 0 Å². The highest BCUT2D eigenvalue weighted by Gasteiger charge is 2.26. The molecule has 3 rings (SSSR count). The maximum Gasteiger partial charge on any atom is 0.340 e. The molecular weight excluding hydrogens is 430 g/mol. The van der Waals surface area contributed by atoms with E-state index >= 15 is 0 Å². The lowest BCUT2D eigenvalue weighted by molar-refractivity contribution is 0.0436. The summed E-state index contributed by atoms with van der Waals surface area (Å²) in [6, 6.07) is 12.4. The first-order valence-electron chi connectivity index (χ1n) is 8.77. The van der Waals surface area contributed by atoms with Gasteiger partial charge in [0.1, 0.15) is 0 Å². The summed E-state index contributed by atoms with van der Waals surface area (Å²) in [5, 5.41) is 7.42. The number of carbonyl (C=O) groups excluding carboxylic acids is 1. The highest BCUT2D eigenvalue weighted by atomic mass is 35.5. The average Bonchev–Trinajstić information content (AvgIpc) is 3.16. The van der Waals surface area contributed by atoms with E-state index in [2.05, 4.69) is 16.8 Å². The smallest absolute Gasteiger partial charge is 0.340 e. The minimum Gasteiger partial charge on any atom is -0.452 e. The predicted molar refractivity (Wildman–Crippen MR) is 111 cm³/mol. The number of hydrogen-bond acceptors (Lipinski definition) is 7. The summed E-state index contributed by atoms with van der Waals surface area (Å²) in [4.78, 5) is 12.4. The summed E-state index contributed by atoms with van der Waals surface area (Å²) in [5.41, 5.74) is 0.365. The molecule has 0 aliphatic rings. The molecule has 0 amide bonds. The number of halogens is 1. The second-order valence-electron chi connectivity index (χ2n) is 6.09. The summed E-state index contributed by atoms with van der Waals surface area (Å²) in [5.74, 6) is -0.375. The van der Waals surface area contributed by atoms with Gasteiger partial charge in [0.2, 0.25) is 5.89 Å². The Hall–Kier alpha value is -3.17. The van der Waals surface area contributed by atoms with Gasteiger partial charge in [-0.2, -0.15) is 0 Å². The van der Waals surface area contributed by atoms with E-state index in [1.54, 1.807) is 37.3 Å². The zero-order valence-corrected chi connectivity index (χ0v) is 17.6. The van der Waals surface area contributed by atoms with E-state index < -0.39 is 16.0 Å². The molecule has 156 valence electrons. The molecule has 0 saturated carbocycles. The van der Waals surface area contributed by atoms with Crippen LogP contribution in [0.5, 0.6) is 0 Å². The Bertz CT molecular complexity index is 1160. The number of aryl methyl sites for hydroxylation is 1. The van der Waals surface area contributed by atoms with Crippen molar-refractivity contribution in [3.8, 4) is 0 Å². The van der Waals surface area contributed by atoms with Crippen molar-refractivity contribution in [1.29, 1.82) is 0 Å². The van der Waals surface area contributed by atoms with Gasteiger partial charge in [-0.1, -0.05) is 35.9 Å². The van der Waals surface area contributed by atoms with Gasteiger partial charge in [0, 0.05) is 6.92 Å². The van der Waals surface area contributed by atoms with Crippen LogP contribution >= 0.6 is 11.6 Å². The number of anilines is 1. The van der Waals surface area contributed by atoms with E-state index in [-0.39, 0.29) is 34.5 Å². The van der Waals surface area contributed by atoms with Gasteiger partial charge in [0.25, 0.3) is 15.9 Å². The third-order valence-corrected chi connectivity index (χ3v) is 6.10. The van der Waals surface area contributed by atoms with Gasteiger partial charge >= 0.3 is 5.97 Å². The molecule has 0 radical (unpaired) electrons. The first-order valence-corrected chi connectivity index (χ1v) is 10.6. The Morgan fingerprint density at radius 3 is 2.60 bits per heavy atom. The second kappa shape index (κ2) is 9.10. The lowest BCUT2D eigenvalue weighted by atomic mass is 10.2. The number of benzene rings is 2. The molecule has 0 saturated heterocycles. The first kappa shape index (κ1) is 21.5.